The Kier molecular flexibility index (Phi) is 5.03. The van der Waals surface area contributed by atoms with Crippen LogP contribution in [0.15, 0.2) is 25.3 Å². The number of carboxylic acid groups (broad SMARTS) is 1. The Morgan fingerprint density at radius 1 is 1.46 bits per heavy atom. The summed E-state index contributed by atoms with van der Waals surface area (Å²) in [7, 11) is 0. The SMILES string of the molecule is C=CCOC(CO)(CC=C)C(=O)O. The van der Waals surface area contributed by atoms with Gasteiger partial charge in [-0.15, -0.1) is 13.2 Å². The Hall–Kier alpha value is -1.13. The minimum atomic E-state index is -1.57. The minimum absolute atomic E-state index is 0.0622. The van der Waals surface area contributed by atoms with E-state index in [1.54, 1.807) is 0 Å². The van der Waals surface area contributed by atoms with Gasteiger partial charge in [0.2, 0.25) is 0 Å². The van der Waals surface area contributed by atoms with Crippen LogP contribution in [0.25, 0.3) is 0 Å². The van der Waals surface area contributed by atoms with E-state index in [-0.39, 0.29) is 13.0 Å². The summed E-state index contributed by atoms with van der Waals surface area (Å²) in [5.41, 5.74) is -1.57. The highest BCUT2D eigenvalue weighted by molar-refractivity contribution is 5.78. The van der Waals surface area contributed by atoms with Gasteiger partial charge in [0.15, 0.2) is 5.60 Å². The summed E-state index contributed by atoms with van der Waals surface area (Å²) in [5, 5.41) is 17.7. The molecule has 0 aliphatic rings. The molecule has 0 bridgehead atoms. The molecule has 0 aromatic carbocycles. The Morgan fingerprint density at radius 2 is 2.08 bits per heavy atom. The first-order valence-corrected chi connectivity index (χ1v) is 3.83. The standard InChI is InChI=1S/C9H14O4/c1-3-5-9(7-10,8(11)12)13-6-4-2/h3-4,10H,1-2,5-7H2,(H,11,12). The van der Waals surface area contributed by atoms with Gasteiger partial charge in [0, 0.05) is 6.42 Å². The normalized spacial score (nSPS) is 14.5. The number of aliphatic hydroxyl groups excluding tert-OH is 1. The number of carbonyl (C=O) groups is 1. The number of hydrogen-bond donors (Lipinski definition) is 2. The molecule has 2 N–H and O–H groups in total. The van der Waals surface area contributed by atoms with Gasteiger partial charge in [0.05, 0.1) is 13.2 Å². The van der Waals surface area contributed by atoms with Crippen LogP contribution in [0.2, 0.25) is 0 Å². The van der Waals surface area contributed by atoms with Gasteiger partial charge in [-0.3, -0.25) is 0 Å². The Bertz CT molecular complexity index is 200. The molecule has 0 aromatic rings. The van der Waals surface area contributed by atoms with Crippen LogP contribution < -0.4 is 0 Å². The molecule has 0 aliphatic carbocycles. The number of carboxylic acids is 1. The lowest BCUT2D eigenvalue weighted by molar-refractivity contribution is -0.169. The molecule has 1 atom stereocenters. The summed E-state index contributed by atoms with van der Waals surface area (Å²) in [4.78, 5) is 10.8. The van der Waals surface area contributed by atoms with Crippen molar-refractivity contribution in [3.63, 3.8) is 0 Å². The third-order valence-corrected chi connectivity index (χ3v) is 1.60. The van der Waals surface area contributed by atoms with Crippen LogP contribution >= 0.6 is 0 Å². The zero-order valence-corrected chi connectivity index (χ0v) is 7.40. The lowest BCUT2D eigenvalue weighted by atomic mass is 10.0. The second kappa shape index (κ2) is 5.50. The molecule has 0 spiro atoms. The second-order valence-electron chi connectivity index (χ2n) is 2.55. The van der Waals surface area contributed by atoms with Crippen molar-refractivity contribution in [3.8, 4) is 0 Å². The van der Waals surface area contributed by atoms with Crippen LogP contribution in [-0.4, -0.2) is 35.0 Å². The fourth-order valence-electron chi connectivity index (χ4n) is 0.837. The zero-order chi connectivity index (χ0) is 10.3. The largest absolute Gasteiger partial charge is 0.479 e. The average molecular weight is 186 g/mol. The highest BCUT2D eigenvalue weighted by Gasteiger charge is 2.37. The Balaban J connectivity index is 4.52. The molecule has 0 rings (SSSR count). The minimum Gasteiger partial charge on any atom is -0.479 e. The monoisotopic (exact) mass is 186 g/mol. The molecule has 13 heavy (non-hydrogen) atoms. The van der Waals surface area contributed by atoms with Crippen LogP contribution in [0, 0.1) is 0 Å². The maximum absolute atomic E-state index is 10.8. The smallest absolute Gasteiger partial charge is 0.338 e. The van der Waals surface area contributed by atoms with Crippen LogP contribution in [0.4, 0.5) is 0 Å². The summed E-state index contributed by atoms with van der Waals surface area (Å²) in [6.07, 6.45) is 2.89. The fourth-order valence-corrected chi connectivity index (χ4v) is 0.837. The average Bonchev–Trinajstić information content (AvgIpc) is 2.12. The van der Waals surface area contributed by atoms with Gasteiger partial charge in [-0.1, -0.05) is 12.2 Å². The number of aliphatic hydroxyl groups is 1. The van der Waals surface area contributed by atoms with Crippen molar-refractivity contribution in [2.45, 2.75) is 12.0 Å². The summed E-state index contributed by atoms with van der Waals surface area (Å²) >= 11 is 0. The maximum atomic E-state index is 10.8. The molecular weight excluding hydrogens is 172 g/mol. The lowest BCUT2D eigenvalue weighted by Crippen LogP contribution is -2.44. The molecule has 4 heteroatoms. The van der Waals surface area contributed by atoms with Gasteiger partial charge in [0.1, 0.15) is 0 Å². The summed E-state index contributed by atoms with van der Waals surface area (Å²) in [6, 6.07) is 0. The molecule has 0 saturated heterocycles. The van der Waals surface area contributed by atoms with Crippen LogP contribution in [0.1, 0.15) is 6.42 Å². The molecule has 0 fully saturated rings. The van der Waals surface area contributed by atoms with E-state index in [4.69, 9.17) is 14.9 Å². The van der Waals surface area contributed by atoms with Gasteiger partial charge < -0.3 is 14.9 Å². The molecule has 0 aliphatic heterocycles. The van der Waals surface area contributed by atoms with E-state index in [1.165, 1.54) is 12.2 Å². The van der Waals surface area contributed by atoms with Gasteiger partial charge >= 0.3 is 5.97 Å². The van der Waals surface area contributed by atoms with Crippen molar-refractivity contribution in [3.05, 3.63) is 25.3 Å². The third kappa shape index (κ3) is 3.01. The van der Waals surface area contributed by atoms with E-state index < -0.39 is 18.2 Å². The van der Waals surface area contributed by atoms with E-state index in [0.29, 0.717) is 0 Å². The maximum Gasteiger partial charge on any atom is 0.338 e. The molecular formula is C9H14O4. The first kappa shape index (κ1) is 11.9. The molecule has 0 amide bonds. The Morgan fingerprint density at radius 3 is 2.38 bits per heavy atom. The van der Waals surface area contributed by atoms with Gasteiger partial charge in [-0.2, -0.15) is 0 Å². The van der Waals surface area contributed by atoms with Crippen molar-refractivity contribution >= 4 is 5.97 Å². The van der Waals surface area contributed by atoms with Crippen molar-refractivity contribution in [2.75, 3.05) is 13.2 Å². The van der Waals surface area contributed by atoms with E-state index in [2.05, 4.69) is 13.2 Å². The van der Waals surface area contributed by atoms with Crippen molar-refractivity contribution in [2.24, 2.45) is 0 Å². The number of ether oxygens (including phenoxy) is 1. The summed E-state index contributed by atoms with van der Waals surface area (Å²) in [6.45, 7) is 6.30. The predicted octanol–water partition coefficient (Wildman–Crippen LogP) is 0.581. The second-order valence-corrected chi connectivity index (χ2v) is 2.55. The highest BCUT2D eigenvalue weighted by Crippen LogP contribution is 2.16. The first-order chi connectivity index (χ1) is 6.13. The fraction of sp³-hybridized carbons (Fsp3) is 0.444. The number of hydrogen-bond acceptors (Lipinski definition) is 3. The van der Waals surface area contributed by atoms with Crippen molar-refractivity contribution < 1.29 is 19.7 Å². The molecule has 74 valence electrons. The van der Waals surface area contributed by atoms with E-state index in [9.17, 15) is 4.79 Å². The quantitative estimate of drug-likeness (QED) is 0.571. The molecule has 0 radical (unpaired) electrons. The summed E-state index contributed by atoms with van der Waals surface area (Å²) in [5.74, 6) is -1.20. The topological polar surface area (TPSA) is 66.8 Å². The van der Waals surface area contributed by atoms with Gasteiger partial charge in [0.25, 0.3) is 0 Å². The highest BCUT2D eigenvalue weighted by atomic mass is 16.5. The number of rotatable bonds is 7. The van der Waals surface area contributed by atoms with Crippen molar-refractivity contribution in [1.29, 1.82) is 0 Å². The molecule has 0 saturated carbocycles. The van der Waals surface area contributed by atoms with Crippen molar-refractivity contribution in [1.82, 2.24) is 0 Å². The zero-order valence-electron chi connectivity index (χ0n) is 7.40. The van der Waals surface area contributed by atoms with E-state index >= 15 is 0 Å². The Labute approximate surface area is 77.1 Å². The molecule has 4 nitrogen and oxygen atoms in total. The van der Waals surface area contributed by atoms with Crippen LogP contribution in [0.3, 0.4) is 0 Å². The first-order valence-electron chi connectivity index (χ1n) is 3.83. The van der Waals surface area contributed by atoms with E-state index in [1.807, 2.05) is 0 Å². The van der Waals surface area contributed by atoms with Crippen LogP contribution in [-0.2, 0) is 9.53 Å². The predicted molar refractivity (Wildman–Crippen MR) is 48.4 cm³/mol. The summed E-state index contributed by atoms with van der Waals surface area (Å²) < 4.78 is 4.99. The lowest BCUT2D eigenvalue weighted by Gasteiger charge is -2.25. The van der Waals surface area contributed by atoms with Gasteiger partial charge in [-0.05, 0) is 0 Å². The van der Waals surface area contributed by atoms with E-state index in [0.717, 1.165) is 0 Å². The third-order valence-electron chi connectivity index (χ3n) is 1.60. The molecule has 1 unspecified atom stereocenters. The van der Waals surface area contributed by atoms with Gasteiger partial charge in [-0.25, -0.2) is 4.79 Å². The molecule has 0 heterocycles. The van der Waals surface area contributed by atoms with Crippen LogP contribution in [0.5, 0.6) is 0 Å². The number of aliphatic carboxylic acids is 1. The molecule has 0 aromatic heterocycles.